The molecule has 3 aromatic rings. The minimum atomic E-state index is -3.83. The average Bonchev–Trinajstić information content (AvgIpc) is 3.12. The lowest BCUT2D eigenvalue weighted by atomic mass is 10.1. The van der Waals surface area contributed by atoms with Gasteiger partial charge < -0.3 is 9.47 Å². The Morgan fingerprint density at radius 3 is 2.43 bits per heavy atom. The van der Waals surface area contributed by atoms with Crippen molar-refractivity contribution >= 4 is 45.0 Å². The van der Waals surface area contributed by atoms with Crippen LogP contribution in [0, 0.1) is 0 Å². The zero-order chi connectivity index (χ0) is 25.2. The van der Waals surface area contributed by atoms with E-state index in [1.54, 1.807) is 31.2 Å². The summed E-state index contributed by atoms with van der Waals surface area (Å²) in [7, 11) is -2.29. The highest BCUT2D eigenvalue weighted by molar-refractivity contribution is 7.89. The minimum absolute atomic E-state index is 0.0479. The summed E-state index contributed by atoms with van der Waals surface area (Å²) in [5.74, 6) is 0.694. The number of hydrogen-bond acceptors (Lipinski definition) is 6. The first-order chi connectivity index (χ1) is 16.7. The van der Waals surface area contributed by atoms with Crippen molar-refractivity contribution in [3.05, 3.63) is 88.5 Å². The number of benzene rings is 3. The number of carbonyl (C=O) groups excluding carboxylic acids is 1. The Morgan fingerprint density at radius 2 is 1.77 bits per heavy atom. The number of halogens is 1. The Balaban J connectivity index is 1.54. The Kier molecular flexibility index (Phi) is 6.93. The van der Waals surface area contributed by atoms with E-state index in [4.69, 9.17) is 26.2 Å². The van der Waals surface area contributed by atoms with E-state index in [0.29, 0.717) is 33.5 Å². The lowest BCUT2D eigenvalue weighted by Gasteiger charge is -2.13. The van der Waals surface area contributed by atoms with Crippen LogP contribution in [0.2, 0.25) is 5.02 Å². The summed E-state index contributed by atoms with van der Waals surface area (Å²) in [6.07, 6.45) is 1.71. The summed E-state index contributed by atoms with van der Waals surface area (Å²) < 4.78 is 34.3. The third-order valence-corrected chi connectivity index (χ3v) is 6.61. The number of ether oxygens (including phenoxy) is 2. The van der Waals surface area contributed by atoms with Crippen molar-refractivity contribution in [1.29, 1.82) is 0 Å². The van der Waals surface area contributed by atoms with Crippen LogP contribution in [0.3, 0.4) is 0 Å². The highest BCUT2D eigenvalue weighted by atomic mass is 35.5. The van der Waals surface area contributed by atoms with Crippen molar-refractivity contribution in [2.24, 2.45) is 10.2 Å². The highest BCUT2D eigenvalue weighted by Gasteiger charge is 2.29. The van der Waals surface area contributed by atoms with Crippen LogP contribution in [0.15, 0.2) is 82.3 Å². The Hall–Kier alpha value is -3.66. The van der Waals surface area contributed by atoms with Crippen LogP contribution in [0.25, 0.3) is 6.08 Å². The molecule has 0 atom stereocenters. The number of primary sulfonamides is 1. The minimum Gasteiger partial charge on any atom is -0.493 e. The number of amides is 1. The van der Waals surface area contributed by atoms with Crippen LogP contribution in [0.4, 0.5) is 5.69 Å². The van der Waals surface area contributed by atoms with Crippen LogP contribution in [-0.4, -0.2) is 27.1 Å². The molecule has 1 amide bonds. The first-order valence-electron chi connectivity index (χ1n) is 10.5. The molecule has 0 spiro atoms. The van der Waals surface area contributed by atoms with E-state index in [1.807, 2.05) is 24.3 Å². The summed E-state index contributed by atoms with van der Waals surface area (Å²) in [4.78, 5) is 13.0. The number of nitrogens with zero attached hydrogens (tertiary/aromatic N) is 2. The predicted octanol–water partition coefficient (Wildman–Crippen LogP) is 4.38. The summed E-state index contributed by atoms with van der Waals surface area (Å²) in [6.45, 7) is 2.00. The second-order valence-corrected chi connectivity index (χ2v) is 9.66. The lowest BCUT2D eigenvalue weighted by Crippen LogP contribution is -2.21. The van der Waals surface area contributed by atoms with Gasteiger partial charge in [-0.2, -0.15) is 10.1 Å². The molecule has 0 unspecified atom stereocenters. The Bertz CT molecular complexity index is 1450. The lowest BCUT2D eigenvalue weighted by molar-refractivity contribution is -0.114. The van der Waals surface area contributed by atoms with Crippen LogP contribution in [-0.2, 0) is 21.4 Å². The van der Waals surface area contributed by atoms with Gasteiger partial charge in [0.05, 0.1) is 29.0 Å². The SMILES string of the molecule is COc1cc(/C=C2/C(=O)N(c3ccc(S(N)(=O)=O)cc3)N=C2C)ccc1OCc1ccccc1Cl. The Morgan fingerprint density at radius 1 is 1.06 bits per heavy atom. The van der Waals surface area contributed by atoms with Crippen LogP contribution in [0.5, 0.6) is 11.5 Å². The molecular formula is C25H22ClN3O5S. The number of nitrogens with two attached hydrogens (primary N) is 1. The van der Waals surface area contributed by atoms with E-state index in [1.165, 1.54) is 36.4 Å². The summed E-state index contributed by atoms with van der Waals surface area (Å²) in [6, 6.07) is 18.4. The largest absolute Gasteiger partial charge is 0.493 e. The van der Waals surface area contributed by atoms with Crippen molar-refractivity contribution in [3.8, 4) is 11.5 Å². The maximum Gasteiger partial charge on any atom is 0.280 e. The molecule has 4 rings (SSSR count). The van der Waals surface area contributed by atoms with E-state index in [-0.39, 0.29) is 17.4 Å². The quantitative estimate of drug-likeness (QED) is 0.473. The molecule has 1 aliphatic heterocycles. The van der Waals surface area contributed by atoms with E-state index >= 15 is 0 Å². The number of sulfonamides is 1. The molecule has 35 heavy (non-hydrogen) atoms. The van der Waals surface area contributed by atoms with E-state index in [2.05, 4.69) is 5.10 Å². The molecule has 8 nitrogen and oxygen atoms in total. The number of hydrazone groups is 1. The molecule has 3 aromatic carbocycles. The number of methoxy groups -OCH3 is 1. The van der Waals surface area contributed by atoms with Gasteiger partial charge in [-0.15, -0.1) is 0 Å². The second kappa shape index (κ2) is 9.91. The van der Waals surface area contributed by atoms with E-state index in [0.717, 1.165) is 11.1 Å². The van der Waals surface area contributed by atoms with Gasteiger partial charge in [-0.1, -0.05) is 35.9 Å². The van der Waals surface area contributed by atoms with Gasteiger partial charge in [0, 0.05) is 10.6 Å². The number of carbonyl (C=O) groups is 1. The molecule has 0 fully saturated rings. The van der Waals surface area contributed by atoms with Gasteiger partial charge in [0.25, 0.3) is 5.91 Å². The molecule has 0 radical (unpaired) electrons. The van der Waals surface area contributed by atoms with Crippen molar-refractivity contribution in [2.45, 2.75) is 18.4 Å². The first kappa shape index (κ1) is 24.5. The van der Waals surface area contributed by atoms with Crippen molar-refractivity contribution in [3.63, 3.8) is 0 Å². The molecule has 0 aromatic heterocycles. The second-order valence-electron chi connectivity index (χ2n) is 7.69. The summed E-state index contributed by atoms with van der Waals surface area (Å²) in [5.41, 5.74) is 2.90. The van der Waals surface area contributed by atoms with E-state index < -0.39 is 10.0 Å². The van der Waals surface area contributed by atoms with Gasteiger partial charge in [-0.3, -0.25) is 4.79 Å². The van der Waals surface area contributed by atoms with Gasteiger partial charge in [0.2, 0.25) is 10.0 Å². The maximum atomic E-state index is 13.0. The fourth-order valence-electron chi connectivity index (χ4n) is 3.47. The first-order valence-corrected chi connectivity index (χ1v) is 12.4. The molecule has 0 bridgehead atoms. The molecule has 1 heterocycles. The molecule has 180 valence electrons. The van der Waals surface area contributed by atoms with Crippen molar-refractivity contribution < 1.29 is 22.7 Å². The van der Waals surface area contributed by atoms with Crippen LogP contribution < -0.4 is 19.6 Å². The molecule has 2 N–H and O–H groups in total. The standard InChI is InChI=1S/C25H22ClN3O5S/c1-16-21(25(30)29(28-16)19-8-10-20(11-9-19)35(27,31)32)13-17-7-12-23(24(14-17)33-2)34-15-18-5-3-4-6-22(18)26/h3-14H,15H2,1-2H3,(H2,27,31,32)/b21-13+. The normalized spacial score (nSPS) is 14.9. The molecule has 0 saturated carbocycles. The van der Waals surface area contributed by atoms with Crippen molar-refractivity contribution in [1.82, 2.24) is 0 Å². The topological polar surface area (TPSA) is 111 Å². The molecule has 10 heteroatoms. The molecule has 1 aliphatic rings. The summed E-state index contributed by atoms with van der Waals surface area (Å²) >= 11 is 6.20. The van der Waals surface area contributed by atoms with Gasteiger partial charge in [0.15, 0.2) is 11.5 Å². The van der Waals surface area contributed by atoms with E-state index in [9.17, 15) is 13.2 Å². The third kappa shape index (κ3) is 5.37. The predicted molar refractivity (Wildman–Crippen MR) is 135 cm³/mol. The van der Waals surface area contributed by atoms with Crippen molar-refractivity contribution in [2.75, 3.05) is 12.1 Å². The molecular weight excluding hydrogens is 490 g/mol. The van der Waals surface area contributed by atoms with Gasteiger partial charge in [-0.05, 0) is 61.0 Å². The van der Waals surface area contributed by atoms with Gasteiger partial charge in [0.1, 0.15) is 6.61 Å². The van der Waals surface area contributed by atoms with Crippen LogP contribution >= 0.6 is 11.6 Å². The zero-order valence-electron chi connectivity index (χ0n) is 18.9. The molecule has 0 aliphatic carbocycles. The van der Waals surface area contributed by atoms with Crippen LogP contribution in [0.1, 0.15) is 18.1 Å². The van der Waals surface area contributed by atoms with Gasteiger partial charge in [-0.25, -0.2) is 13.6 Å². The molecule has 0 saturated heterocycles. The number of rotatable bonds is 7. The number of anilines is 1. The highest BCUT2D eigenvalue weighted by Crippen LogP contribution is 2.32. The number of hydrogen-bond donors (Lipinski definition) is 1. The van der Waals surface area contributed by atoms with Gasteiger partial charge >= 0.3 is 0 Å². The zero-order valence-corrected chi connectivity index (χ0v) is 20.5. The monoisotopic (exact) mass is 511 g/mol. The fraction of sp³-hybridized carbons (Fsp3) is 0.120. The third-order valence-electron chi connectivity index (χ3n) is 5.31. The summed E-state index contributed by atoms with van der Waals surface area (Å²) in [5, 5.41) is 11.3. The maximum absolute atomic E-state index is 13.0. The fourth-order valence-corrected chi connectivity index (χ4v) is 4.17. The Labute approximate surface area is 208 Å². The average molecular weight is 512 g/mol. The smallest absolute Gasteiger partial charge is 0.280 e.